The molecule has 0 fully saturated rings. The third kappa shape index (κ3) is 3.36. The Bertz CT molecular complexity index is 671. The summed E-state index contributed by atoms with van der Waals surface area (Å²) in [7, 11) is 0. The van der Waals surface area contributed by atoms with E-state index in [0.717, 1.165) is 9.35 Å². The number of aryl methyl sites for hydroxylation is 2. The number of carbonyl (C=O) groups is 2. The lowest BCUT2D eigenvalue weighted by Gasteiger charge is -2.06. The van der Waals surface area contributed by atoms with Gasteiger partial charge in [0.15, 0.2) is 0 Å². The molecule has 2 N–H and O–H groups in total. The maximum atomic E-state index is 12.2. The molecule has 0 aliphatic rings. The fourth-order valence-electron chi connectivity index (χ4n) is 1.85. The first-order chi connectivity index (χ1) is 9.93. The van der Waals surface area contributed by atoms with E-state index in [2.05, 4.69) is 26.2 Å². The molecule has 0 bridgehead atoms. The van der Waals surface area contributed by atoms with Gasteiger partial charge < -0.3 is 15.0 Å². The molecule has 0 aromatic carbocycles. The number of hydrogen-bond acceptors (Lipinski definition) is 4. The number of hydrogen-bond donors (Lipinski definition) is 2. The van der Waals surface area contributed by atoms with Gasteiger partial charge in [-0.2, -0.15) is 0 Å². The van der Waals surface area contributed by atoms with Crippen molar-refractivity contribution in [3.63, 3.8) is 0 Å². The minimum absolute atomic E-state index is 0.252. The molecule has 0 saturated carbocycles. The standard InChI is InChI=1S/C14H15BrN2O3S/c1-4-20-14(19)11-8(3)16-6-9(11)17-13(18)10-5-7(2)12(15)21-10/h5-6,16H,4H2,1-3H3,(H,17,18). The fourth-order valence-corrected chi connectivity index (χ4v) is 3.28. The lowest BCUT2D eigenvalue weighted by molar-refractivity contribution is 0.0527. The highest BCUT2D eigenvalue weighted by atomic mass is 79.9. The van der Waals surface area contributed by atoms with Crippen LogP contribution in [0.4, 0.5) is 5.69 Å². The van der Waals surface area contributed by atoms with Gasteiger partial charge in [-0.1, -0.05) is 0 Å². The van der Waals surface area contributed by atoms with Crippen molar-refractivity contribution in [3.05, 3.63) is 37.7 Å². The van der Waals surface area contributed by atoms with Crippen LogP contribution < -0.4 is 5.32 Å². The predicted molar refractivity (Wildman–Crippen MR) is 86.2 cm³/mol. The van der Waals surface area contributed by atoms with Crippen molar-refractivity contribution in [2.24, 2.45) is 0 Å². The second-order valence-corrected chi connectivity index (χ2v) is 6.81. The van der Waals surface area contributed by atoms with Gasteiger partial charge in [0, 0.05) is 11.9 Å². The van der Waals surface area contributed by atoms with Crippen LogP contribution in [0.1, 0.15) is 38.2 Å². The topological polar surface area (TPSA) is 71.2 Å². The molecule has 0 aliphatic heterocycles. The number of anilines is 1. The molecule has 21 heavy (non-hydrogen) atoms. The monoisotopic (exact) mass is 370 g/mol. The van der Waals surface area contributed by atoms with Gasteiger partial charge in [-0.15, -0.1) is 11.3 Å². The molecule has 0 saturated heterocycles. The summed E-state index contributed by atoms with van der Waals surface area (Å²) < 4.78 is 5.92. The second-order valence-electron chi connectivity index (χ2n) is 4.44. The average Bonchev–Trinajstić information content (AvgIpc) is 2.94. The number of ether oxygens (including phenoxy) is 1. The van der Waals surface area contributed by atoms with E-state index < -0.39 is 5.97 Å². The first-order valence-electron chi connectivity index (χ1n) is 6.36. The number of thiophene rings is 1. The highest BCUT2D eigenvalue weighted by Gasteiger charge is 2.20. The van der Waals surface area contributed by atoms with Crippen molar-refractivity contribution in [1.29, 1.82) is 0 Å². The Labute approximate surface area is 134 Å². The Kier molecular flexibility index (Phi) is 4.84. The number of rotatable bonds is 4. The molecule has 2 aromatic heterocycles. The number of aromatic amines is 1. The summed E-state index contributed by atoms with van der Waals surface area (Å²) in [6.07, 6.45) is 1.59. The molecule has 112 valence electrons. The first kappa shape index (κ1) is 15.8. The van der Waals surface area contributed by atoms with Crippen LogP contribution in [-0.4, -0.2) is 23.5 Å². The normalized spacial score (nSPS) is 10.5. The average molecular weight is 371 g/mol. The third-order valence-electron chi connectivity index (χ3n) is 2.89. The molecule has 1 amide bonds. The van der Waals surface area contributed by atoms with E-state index in [0.29, 0.717) is 21.8 Å². The Morgan fingerprint density at radius 1 is 1.43 bits per heavy atom. The summed E-state index contributed by atoms with van der Waals surface area (Å²) in [6.45, 7) is 5.70. The fraction of sp³-hybridized carbons (Fsp3) is 0.286. The Morgan fingerprint density at radius 3 is 2.71 bits per heavy atom. The smallest absolute Gasteiger partial charge is 0.342 e. The minimum Gasteiger partial charge on any atom is -0.462 e. The second kappa shape index (κ2) is 6.44. The van der Waals surface area contributed by atoms with E-state index in [-0.39, 0.29) is 12.5 Å². The van der Waals surface area contributed by atoms with Gasteiger partial charge in [0.05, 0.1) is 21.0 Å². The highest BCUT2D eigenvalue weighted by molar-refractivity contribution is 9.11. The summed E-state index contributed by atoms with van der Waals surface area (Å²) >= 11 is 4.74. The van der Waals surface area contributed by atoms with Crippen LogP contribution in [0.15, 0.2) is 16.0 Å². The van der Waals surface area contributed by atoms with Crippen molar-refractivity contribution in [2.75, 3.05) is 11.9 Å². The predicted octanol–water partition coefficient (Wildman–Crippen LogP) is 3.88. The number of H-pyrrole nitrogens is 1. The van der Waals surface area contributed by atoms with Crippen LogP contribution >= 0.6 is 27.3 Å². The number of carbonyl (C=O) groups excluding carboxylic acids is 2. The van der Waals surface area contributed by atoms with E-state index in [9.17, 15) is 9.59 Å². The van der Waals surface area contributed by atoms with Crippen molar-refractivity contribution in [2.45, 2.75) is 20.8 Å². The molecular weight excluding hydrogens is 356 g/mol. The minimum atomic E-state index is -0.449. The molecule has 0 atom stereocenters. The van der Waals surface area contributed by atoms with Gasteiger partial charge in [0.1, 0.15) is 5.56 Å². The van der Waals surface area contributed by atoms with Gasteiger partial charge >= 0.3 is 5.97 Å². The van der Waals surface area contributed by atoms with Crippen LogP contribution in [-0.2, 0) is 4.74 Å². The summed E-state index contributed by atoms with van der Waals surface area (Å²) in [6, 6.07) is 1.80. The largest absolute Gasteiger partial charge is 0.462 e. The SMILES string of the molecule is CCOC(=O)c1c(NC(=O)c2cc(C)c(Br)s2)c[nH]c1C. The zero-order valence-corrected chi connectivity index (χ0v) is 14.3. The molecule has 2 rings (SSSR count). The Morgan fingerprint density at radius 2 is 2.14 bits per heavy atom. The molecule has 0 unspecified atom stereocenters. The lowest BCUT2D eigenvalue weighted by Crippen LogP contribution is -2.14. The van der Waals surface area contributed by atoms with Crippen molar-refractivity contribution in [1.82, 2.24) is 4.98 Å². The number of amides is 1. The van der Waals surface area contributed by atoms with E-state index in [4.69, 9.17) is 4.74 Å². The van der Waals surface area contributed by atoms with Gasteiger partial charge in [0.2, 0.25) is 0 Å². The van der Waals surface area contributed by atoms with Gasteiger partial charge in [-0.3, -0.25) is 4.79 Å². The third-order valence-corrected chi connectivity index (χ3v) is 5.02. The molecule has 0 aliphatic carbocycles. The number of halogens is 1. The Balaban J connectivity index is 2.24. The van der Waals surface area contributed by atoms with Crippen LogP contribution in [0.2, 0.25) is 0 Å². The molecule has 7 heteroatoms. The number of esters is 1. The summed E-state index contributed by atoms with van der Waals surface area (Å²) in [5, 5.41) is 2.75. The summed E-state index contributed by atoms with van der Waals surface area (Å²) in [4.78, 5) is 27.7. The van der Waals surface area contributed by atoms with E-state index in [1.165, 1.54) is 11.3 Å². The first-order valence-corrected chi connectivity index (χ1v) is 7.97. The zero-order chi connectivity index (χ0) is 15.6. The van der Waals surface area contributed by atoms with Crippen molar-refractivity contribution in [3.8, 4) is 0 Å². The van der Waals surface area contributed by atoms with Crippen LogP contribution in [0.5, 0.6) is 0 Å². The van der Waals surface area contributed by atoms with E-state index in [1.807, 2.05) is 6.92 Å². The van der Waals surface area contributed by atoms with Gasteiger partial charge in [-0.25, -0.2) is 4.79 Å². The maximum absolute atomic E-state index is 12.2. The van der Waals surface area contributed by atoms with Crippen molar-refractivity contribution < 1.29 is 14.3 Å². The quantitative estimate of drug-likeness (QED) is 0.802. The van der Waals surface area contributed by atoms with Crippen LogP contribution in [0.25, 0.3) is 0 Å². The molecule has 5 nitrogen and oxygen atoms in total. The summed E-state index contributed by atoms with van der Waals surface area (Å²) in [5.41, 5.74) is 2.45. The molecule has 2 aromatic rings. The Hall–Kier alpha value is -1.60. The summed E-state index contributed by atoms with van der Waals surface area (Å²) in [5.74, 6) is -0.701. The van der Waals surface area contributed by atoms with Crippen molar-refractivity contribution >= 4 is 44.8 Å². The molecule has 0 spiro atoms. The number of aromatic nitrogens is 1. The lowest BCUT2D eigenvalue weighted by atomic mass is 10.2. The number of nitrogens with one attached hydrogen (secondary N) is 2. The van der Waals surface area contributed by atoms with Crippen LogP contribution in [0, 0.1) is 13.8 Å². The van der Waals surface area contributed by atoms with Gasteiger partial charge in [-0.05, 0) is 48.3 Å². The van der Waals surface area contributed by atoms with E-state index >= 15 is 0 Å². The van der Waals surface area contributed by atoms with Crippen LogP contribution in [0.3, 0.4) is 0 Å². The highest BCUT2D eigenvalue weighted by Crippen LogP contribution is 2.28. The van der Waals surface area contributed by atoms with Gasteiger partial charge in [0.25, 0.3) is 5.91 Å². The van der Waals surface area contributed by atoms with E-state index in [1.54, 1.807) is 26.1 Å². The molecule has 2 heterocycles. The maximum Gasteiger partial charge on any atom is 0.342 e. The molecular formula is C14H15BrN2O3S. The zero-order valence-electron chi connectivity index (χ0n) is 11.9. The molecule has 0 radical (unpaired) electrons.